The summed E-state index contributed by atoms with van der Waals surface area (Å²) in [5.41, 5.74) is 6.11. The van der Waals surface area contributed by atoms with Crippen LogP contribution in [0, 0.1) is 11.8 Å². The summed E-state index contributed by atoms with van der Waals surface area (Å²) >= 11 is 0. The summed E-state index contributed by atoms with van der Waals surface area (Å²) in [5.74, 6) is 1.03. The molecule has 7 heteroatoms. The predicted molar refractivity (Wildman–Crippen MR) is 200 cm³/mol. The van der Waals surface area contributed by atoms with Crippen LogP contribution in [0.25, 0.3) is 0 Å². The van der Waals surface area contributed by atoms with Gasteiger partial charge in [-0.05, 0) is 78.7 Å². The van der Waals surface area contributed by atoms with E-state index in [9.17, 15) is 5.11 Å². The van der Waals surface area contributed by atoms with Crippen molar-refractivity contribution in [2.24, 2.45) is 17.6 Å². The van der Waals surface area contributed by atoms with Gasteiger partial charge in [-0.1, -0.05) is 114 Å². The normalized spacial score (nSPS) is 27.0. The van der Waals surface area contributed by atoms with E-state index < -0.39 is 14.4 Å². The zero-order chi connectivity index (χ0) is 34.7. The van der Waals surface area contributed by atoms with Crippen molar-refractivity contribution in [3.05, 3.63) is 72.8 Å². The minimum atomic E-state index is -2.71. The van der Waals surface area contributed by atoms with Gasteiger partial charge in [0.05, 0.1) is 42.7 Å². The van der Waals surface area contributed by atoms with Gasteiger partial charge >= 0.3 is 0 Å². The molecule has 0 saturated carbocycles. The number of methoxy groups -OCH3 is 1. The van der Waals surface area contributed by atoms with Gasteiger partial charge in [0.2, 0.25) is 0 Å². The van der Waals surface area contributed by atoms with Crippen LogP contribution >= 0.6 is 0 Å². The summed E-state index contributed by atoms with van der Waals surface area (Å²) in [5, 5.41) is 13.2. The fraction of sp³-hybridized carbons (Fsp3) is 0.659. The molecule has 8 atom stereocenters. The highest BCUT2D eigenvalue weighted by molar-refractivity contribution is 6.99. The molecule has 2 aliphatic heterocycles. The number of nitrogens with two attached hydrogens (primary N) is 1. The first-order chi connectivity index (χ1) is 22.9. The summed E-state index contributed by atoms with van der Waals surface area (Å²) in [7, 11) is -0.895. The van der Waals surface area contributed by atoms with E-state index in [4.69, 9.17) is 24.4 Å². The van der Waals surface area contributed by atoms with Crippen LogP contribution in [0.4, 0.5) is 0 Å². The van der Waals surface area contributed by atoms with Crippen molar-refractivity contribution in [1.82, 2.24) is 0 Å². The Morgan fingerprint density at radius 3 is 2.08 bits per heavy atom. The lowest BCUT2D eigenvalue weighted by Gasteiger charge is -2.47. The van der Waals surface area contributed by atoms with Gasteiger partial charge in [-0.3, -0.25) is 0 Å². The van der Waals surface area contributed by atoms with Crippen molar-refractivity contribution in [1.29, 1.82) is 0 Å². The highest BCUT2D eigenvalue weighted by Gasteiger charge is 2.52. The van der Waals surface area contributed by atoms with Crippen molar-refractivity contribution in [3.8, 4) is 0 Å². The lowest BCUT2D eigenvalue weighted by atomic mass is 9.87. The Labute approximate surface area is 292 Å². The molecule has 48 heavy (non-hydrogen) atoms. The molecular weight excluding hydrogens is 615 g/mol. The average Bonchev–Trinajstić information content (AvgIpc) is 3.05. The van der Waals surface area contributed by atoms with E-state index in [1.54, 1.807) is 0 Å². The van der Waals surface area contributed by atoms with Crippen molar-refractivity contribution in [3.63, 3.8) is 0 Å². The average molecular weight is 680 g/mol. The number of hydrogen-bond donors (Lipinski definition) is 2. The molecule has 2 aromatic rings. The van der Waals surface area contributed by atoms with Crippen LogP contribution in [0.5, 0.6) is 0 Å². The minimum Gasteiger partial charge on any atom is -0.404 e. The second-order valence-corrected chi connectivity index (χ2v) is 20.1. The van der Waals surface area contributed by atoms with Crippen molar-refractivity contribution < 1.29 is 23.7 Å². The van der Waals surface area contributed by atoms with Crippen molar-refractivity contribution >= 4 is 18.7 Å². The number of hydrogen-bond acceptors (Lipinski definition) is 6. The van der Waals surface area contributed by atoms with Gasteiger partial charge < -0.3 is 29.5 Å². The van der Waals surface area contributed by atoms with Gasteiger partial charge in [-0.15, -0.1) is 0 Å². The molecule has 0 aromatic heterocycles. The number of benzene rings is 2. The number of ether oxygens (including phenoxy) is 3. The highest BCUT2D eigenvalue weighted by atomic mass is 28.4. The van der Waals surface area contributed by atoms with Crippen LogP contribution in [-0.2, 0) is 18.6 Å². The first-order valence-electron chi connectivity index (χ1n) is 18.6. The zero-order valence-corrected chi connectivity index (χ0v) is 31.9. The SMILES string of the molecule is CO[C@@H](C[C@@H]1C[C@@H](O[Si](c2ccccc2)(c2ccccc2)C(C)(C)C)C[C@H](CCN)O1)C[C@H]1O[C@H](C[C@@H](O)/C=C/CC(C)C)CC[C@@H]1C. The van der Waals surface area contributed by atoms with Crippen molar-refractivity contribution in [2.45, 2.75) is 147 Å². The van der Waals surface area contributed by atoms with Crippen LogP contribution in [0.3, 0.4) is 0 Å². The van der Waals surface area contributed by atoms with Gasteiger partial charge in [-0.2, -0.15) is 0 Å². The molecule has 2 fully saturated rings. The first kappa shape index (κ1) is 39.0. The van der Waals surface area contributed by atoms with Crippen molar-refractivity contribution in [2.75, 3.05) is 13.7 Å². The molecule has 0 spiro atoms. The van der Waals surface area contributed by atoms with Crippen LogP contribution in [0.1, 0.15) is 99.3 Å². The molecule has 0 bridgehead atoms. The fourth-order valence-electron chi connectivity index (χ4n) is 7.87. The molecule has 3 N–H and O–H groups in total. The Balaban J connectivity index is 1.49. The molecule has 0 aliphatic carbocycles. The third-order valence-electron chi connectivity index (χ3n) is 10.5. The van der Waals surface area contributed by atoms with E-state index in [2.05, 4.69) is 108 Å². The Kier molecular flexibility index (Phi) is 14.9. The number of aliphatic hydroxyl groups is 1. The predicted octanol–water partition coefficient (Wildman–Crippen LogP) is 7.16. The van der Waals surface area contributed by atoms with E-state index in [0.29, 0.717) is 24.8 Å². The summed E-state index contributed by atoms with van der Waals surface area (Å²) in [6.07, 6.45) is 11.6. The molecule has 4 rings (SSSR count). The maximum absolute atomic E-state index is 10.7. The molecular formula is C41H65NO5Si. The first-order valence-corrected chi connectivity index (χ1v) is 20.5. The van der Waals surface area contributed by atoms with E-state index in [1.165, 1.54) is 10.4 Å². The molecule has 268 valence electrons. The molecule has 0 amide bonds. The zero-order valence-electron chi connectivity index (χ0n) is 30.9. The van der Waals surface area contributed by atoms with Crippen LogP contribution < -0.4 is 16.1 Å². The van der Waals surface area contributed by atoms with Crippen LogP contribution in [-0.4, -0.2) is 69.8 Å². The summed E-state index contributed by atoms with van der Waals surface area (Å²) in [6, 6.07) is 21.8. The maximum Gasteiger partial charge on any atom is 0.261 e. The topological polar surface area (TPSA) is 83.2 Å². The molecule has 0 radical (unpaired) electrons. The third-order valence-corrected chi connectivity index (χ3v) is 15.5. The number of rotatable bonds is 16. The van der Waals surface area contributed by atoms with Gasteiger partial charge in [0.1, 0.15) is 0 Å². The summed E-state index contributed by atoms with van der Waals surface area (Å²) in [6.45, 7) is 14.3. The standard InChI is InChI=1S/C41H65NO5Si/c1-30(2)15-14-16-32(43)25-33-22-21-31(3)40(46-33)29-35(44-7)27-36-28-37(26-34(45-36)23-24-42)47-48(41(4,5)6,38-17-10-8-11-18-38)39-19-12-9-13-20-39/h8-14,16-20,30-37,40,43H,15,21-29,42H2,1-7H3/b16-14+/t31-,32-,33-,34-,35-,36+,37-,40+/m0/s1. The molecule has 2 saturated heterocycles. The largest absolute Gasteiger partial charge is 0.404 e. The molecule has 2 aromatic carbocycles. The number of allylic oxidation sites excluding steroid dienone is 1. The smallest absolute Gasteiger partial charge is 0.261 e. The second kappa shape index (κ2) is 18.4. The Hall–Kier alpha value is -1.84. The van der Waals surface area contributed by atoms with Gasteiger partial charge in [0.15, 0.2) is 0 Å². The summed E-state index contributed by atoms with van der Waals surface area (Å²) in [4.78, 5) is 0. The van der Waals surface area contributed by atoms with E-state index >= 15 is 0 Å². The summed E-state index contributed by atoms with van der Waals surface area (Å²) < 4.78 is 27.2. The Morgan fingerprint density at radius 1 is 0.896 bits per heavy atom. The van der Waals surface area contributed by atoms with E-state index in [0.717, 1.165) is 51.4 Å². The fourth-order valence-corrected chi connectivity index (χ4v) is 12.6. The maximum atomic E-state index is 10.7. The highest BCUT2D eigenvalue weighted by Crippen LogP contribution is 2.40. The van der Waals surface area contributed by atoms with Gasteiger partial charge in [0.25, 0.3) is 8.32 Å². The number of aliphatic hydroxyl groups excluding tert-OH is 1. The Bertz CT molecular complexity index is 1180. The lowest BCUT2D eigenvalue weighted by Crippen LogP contribution is -2.68. The minimum absolute atomic E-state index is 0.00204. The van der Waals surface area contributed by atoms with Gasteiger partial charge in [-0.25, -0.2) is 0 Å². The van der Waals surface area contributed by atoms with Crippen LogP contribution in [0.15, 0.2) is 72.8 Å². The monoisotopic (exact) mass is 679 g/mol. The van der Waals surface area contributed by atoms with Crippen LogP contribution in [0.2, 0.25) is 5.04 Å². The van der Waals surface area contributed by atoms with E-state index in [-0.39, 0.29) is 41.7 Å². The molecule has 0 unspecified atom stereocenters. The lowest BCUT2D eigenvalue weighted by molar-refractivity contribution is -0.129. The van der Waals surface area contributed by atoms with E-state index in [1.807, 2.05) is 13.2 Å². The third kappa shape index (κ3) is 10.6. The molecule has 2 aliphatic rings. The quantitative estimate of drug-likeness (QED) is 0.145. The Morgan fingerprint density at radius 2 is 1.52 bits per heavy atom. The second-order valence-electron chi connectivity index (χ2n) is 15.9. The van der Waals surface area contributed by atoms with Gasteiger partial charge in [0, 0.05) is 20.0 Å². The molecule has 6 nitrogen and oxygen atoms in total. The molecule has 2 heterocycles.